The normalized spacial score (nSPS) is 25.8. The zero-order valence-electron chi connectivity index (χ0n) is 11.0. The van der Waals surface area contributed by atoms with Crippen molar-refractivity contribution >= 4 is 5.91 Å². The van der Waals surface area contributed by atoms with Crippen molar-refractivity contribution in [1.29, 1.82) is 0 Å². The van der Waals surface area contributed by atoms with Crippen LogP contribution in [0.4, 0.5) is 0 Å². The second-order valence-corrected chi connectivity index (χ2v) is 5.01. The van der Waals surface area contributed by atoms with Crippen LogP contribution in [0.2, 0.25) is 0 Å². The molecule has 0 radical (unpaired) electrons. The minimum Gasteiger partial charge on any atom is -0.396 e. The van der Waals surface area contributed by atoms with Gasteiger partial charge in [0.15, 0.2) is 0 Å². The van der Waals surface area contributed by atoms with Crippen molar-refractivity contribution < 1.29 is 9.90 Å². The molecule has 100 valence electrons. The average Bonchev–Trinajstić information content (AvgIpc) is 2.76. The first-order valence-corrected chi connectivity index (χ1v) is 6.83. The number of aliphatic hydroxyl groups is 1. The van der Waals surface area contributed by atoms with E-state index in [0.29, 0.717) is 12.0 Å². The van der Waals surface area contributed by atoms with Crippen LogP contribution in [0.5, 0.6) is 0 Å². The van der Waals surface area contributed by atoms with Gasteiger partial charge in [0.2, 0.25) is 5.91 Å². The van der Waals surface area contributed by atoms with Gasteiger partial charge in [-0.25, -0.2) is 0 Å². The molecule has 4 heteroatoms. The summed E-state index contributed by atoms with van der Waals surface area (Å²) in [6.07, 6.45) is 5.40. The van der Waals surface area contributed by atoms with Gasteiger partial charge < -0.3 is 15.7 Å². The van der Waals surface area contributed by atoms with Crippen LogP contribution < -0.4 is 10.6 Å². The highest BCUT2D eigenvalue weighted by Crippen LogP contribution is 2.25. The van der Waals surface area contributed by atoms with Gasteiger partial charge in [-0.3, -0.25) is 4.79 Å². The van der Waals surface area contributed by atoms with E-state index < -0.39 is 0 Å². The van der Waals surface area contributed by atoms with E-state index in [0.717, 1.165) is 38.6 Å². The summed E-state index contributed by atoms with van der Waals surface area (Å²) in [7, 11) is 0. The Kier molecular flexibility index (Phi) is 6.52. The van der Waals surface area contributed by atoms with Gasteiger partial charge in [0.05, 0.1) is 6.04 Å². The molecule has 0 spiro atoms. The smallest absolute Gasteiger partial charge is 0.236 e. The maximum absolute atomic E-state index is 11.8. The monoisotopic (exact) mass is 242 g/mol. The molecule has 1 fully saturated rings. The van der Waals surface area contributed by atoms with Gasteiger partial charge in [-0.15, -0.1) is 0 Å². The summed E-state index contributed by atoms with van der Waals surface area (Å²) in [5.74, 6) is 0.392. The summed E-state index contributed by atoms with van der Waals surface area (Å²) in [4.78, 5) is 11.8. The zero-order chi connectivity index (χ0) is 12.7. The van der Waals surface area contributed by atoms with Crippen LogP contribution in [0.15, 0.2) is 0 Å². The molecule has 1 rings (SSSR count). The van der Waals surface area contributed by atoms with Crippen molar-refractivity contribution in [2.45, 2.75) is 58.0 Å². The lowest BCUT2D eigenvalue weighted by Crippen LogP contribution is -2.48. The molecule has 0 heterocycles. The second kappa shape index (κ2) is 7.67. The van der Waals surface area contributed by atoms with Gasteiger partial charge in [-0.05, 0) is 32.1 Å². The largest absolute Gasteiger partial charge is 0.396 e. The molecule has 1 aliphatic rings. The van der Waals surface area contributed by atoms with E-state index in [9.17, 15) is 9.90 Å². The number of unbranched alkanes of at least 4 members (excludes halogenated alkanes) is 1. The lowest BCUT2D eigenvalue weighted by atomic mass is 10.0. The predicted molar refractivity (Wildman–Crippen MR) is 68.7 cm³/mol. The fourth-order valence-corrected chi connectivity index (χ4v) is 2.41. The first-order valence-electron chi connectivity index (χ1n) is 6.83. The molecule has 17 heavy (non-hydrogen) atoms. The fraction of sp³-hybridized carbons (Fsp3) is 0.923. The molecule has 0 aromatic carbocycles. The Balaban J connectivity index is 2.27. The number of carbonyl (C=O) groups excluding carboxylic acids is 1. The van der Waals surface area contributed by atoms with Crippen LogP contribution in [0, 0.1) is 5.92 Å². The van der Waals surface area contributed by atoms with Crippen molar-refractivity contribution in [2.75, 3.05) is 13.2 Å². The number of carbonyl (C=O) groups is 1. The van der Waals surface area contributed by atoms with Gasteiger partial charge in [0, 0.05) is 19.2 Å². The number of amides is 1. The van der Waals surface area contributed by atoms with E-state index in [1.54, 1.807) is 0 Å². The molecule has 3 N–H and O–H groups in total. The van der Waals surface area contributed by atoms with E-state index in [4.69, 9.17) is 0 Å². The standard InChI is InChI=1S/C13H26N2O2/c1-3-4-8-14-13(17)10(2)15-12-7-5-6-11(12)9-16/h10-12,15-16H,3-9H2,1-2H3,(H,14,17). The molecule has 0 aromatic rings. The number of rotatable bonds is 7. The summed E-state index contributed by atoms with van der Waals surface area (Å²) in [5.41, 5.74) is 0. The SMILES string of the molecule is CCCCNC(=O)C(C)NC1CCCC1CO. The number of hydrogen-bond donors (Lipinski definition) is 3. The highest BCUT2D eigenvalue weighted by Gasteiger charge is 2.28. The molecular formula is C13H26N2O2. The molecular weight excluding hydrogens is 216 g/mol. The predicted octanol–water partition coefficient (Wildman–Crippen LogP) is 1.04. The molecule has 4 nitrogen and oxygen atoms in total. The van der Waals surface area contributed by atoms with Gasteiger partial charge in [0.1, 0.15) is 0 Å². The molecule has 0 aliphatic heterocycles. The lowest BCUT2D eigenvalue weighted by molar-refractivity contribution is -0.123. The number of hydrogen-bond acceptors (Lipinski definition) is 3. The quantitative estimate of drug-likeness (QED) is 0.585. The Morgan fingerprint density at radius 1 is 1.47 bits per heavy atom. The fourth-order valence-electron chi connectivity index (χ4n) is 2.41. The number of nitrogens with one attached hydrogen (secondary N) is 2. The Hall–Kier alpha value is -0.610. The third-order valence-corrected chi connectivity index (χ3v) is 3.58. The Bertz CT molecular complexity index is 233. The third kappa shape index (κ3) is 4.64. The minimum atomic E-state index is -0.163. The third-order valence-electron chi connectivity index (χ3n) is 3.58. The van der Waals surface area contributed by atoms with E-state index in [1.165, 1.54) is 0 Å². The van der Waals surface area contributed by atoms with E-state index in [-0.39, 0.29) is 18.6 Å². The van der Waals surface area contributed by atoms with Crippen LogP contribution >= 0.6 is 0 Å². The zero-order valence-corrected chi connectivity index (χ0v) is 11.0. The molecule has 0 aromatic heterocycles. The molecule has 3 unspecified atom stereocenters. The Morgan fingerprint density at radius 3 is 2.88 bits per heavy atom. The minimum absolute atomic E-state index is 0.0713. The number of aliphatic hydroxyl groups excluding tert-OH is 1. The molecule has 1 aliphatic carbocycles. The van der Waals surface area contributed by atoms with Crippen LogP contribution in [-0.4, -0.2) is 36.2 Å². The van der Waals surface area contributed by atoms with Crippen molar-refractivity contribution in [3.05, 3.63) is 0 Å². The lowest BCUT2D eigenvalue weighted by Gasteiger charge is -2.23. The Labute approximate surface area is 104 Å². The van der Waals surface area contributed by atoms with Gasteiger partial charge in [0.25, 0.3) is 0 Å². The molecule has 0 saturated heterocycles. The van der Waals surface area contributed by atoms with Crippen LogP contribution in [0.3, 0.4) is 0 Å². The first-order chi connectivity index (χ1) is 8.19. The maximum Gasteiger partial charge on any atom is 0.236 e. The summed E-state index contributed by atoms with van der Waals surface area (Å²) < 4.78 is 0. The summed E-state index contributed by atoms with van der Waals surface area (Å²) in [6, 6.07) is 0.135. The highest BCUT2D eigenvalue weighted by atomic mass is 16.3. The molecule has 1 amide bonds. The summed E-state index contributed by atoms with van der Waals surface area (Å²) >= 11 is 0. The van der Waals surface area contributed by atoms with Gasteiger partial charge in [-0.1, -0.05) is 19.8 Å². The van der Waals surface area contributed by atoms with Crippen molar-refractivity contribution in [1.82, 2.24) is 10.6 Å². The topological polar surface area (TPSA) is 61.4 Å². The van der Waals surface area contributed by atoms with E-state index >= 15 is 0 Å². The summed E-state index contributed by atoms with van der Waals surface area (Å²) in [5, 5.41) is 15.5. The average molecular weight is 242 g/mol. The first kappa shape index (κ1) is 14.5. The second-order valence-electron chi connectivity index (χ2n) is 5.01. The van der Waals surface area contributed by atoms with E-state index in [1.807, 2.05) is 6.92 Å². The van der Waals surface area contributed by atoms with Crippen LogP contribution in [0.1, 0.15) is 46.0 Å². The van der Waals surface area contributed by atoms with Crippen LogP contribution in [0.25, 0.3) is 0 Å². The van der Waals surface area contributed by atoms with Crippen LogP contribution in [-0.2, 0) is 4.79 Å². The van der Waals surface area contributed by atoms with Crippen molar-refractivity contribution in [3.63, 3.8) is 0 Å². The van der Waals surface area contributed by atoms with E-state index in [2.05, 4.69) is 17.6 Å². The van der Waals surface area contributed by atoms with Crippen molar-refractivity contribution in [2.24, 2.45) is 5.92 Å². The Morgan fingerprint density at radius 2 is 2.24 bits per heavy atom. The van der Waals surface area contributed by atoms with Crippen molar-refractivity contribution in [3.8, 4) is 0 Å². The maximum atomic E-state index is 11.8. The van der Waals surface area contributed by atoms with Gasteiger partial charge in [-0.2, -0.15) is 0 Å². The summed E-state index contributed by atoms with van der Waals surface area (Å²) in [6.45, 7) is 4.99. The van der Waals surface area contributed by atoms with Gasteiger partial charge >= 0.3 is 0 Å². The molecule has 1 saturated carbocycles. The highest BCUT2D eigenvalue weighted by molar-refractivity contribution is 5.81. The molecule has 3 atom stereocenters. The molecule has 0 bridgehead atoms.